The summed E-state index contributed by atoms with van der Waals surface area (Å²) in [7, 11) is 0. The summed E-state index contributed by atoms with van der Waals surface area (Å²) >= 11 is 0. The Balaban J connectivity index is 2.40. The Labute approximate surface area is 91.2 Å². The SMILES string of the molecule is CC(C)(C)NCC(=O)N(CC#N)C1CC1. The van der Waals surface area contributed by atoms with Gasteiger partial charge in [-0.05, 0) is 33.6 Å². The van der Waals surface area contributed by atoms with Crippen LogP contribution in [-0.4, -0.2) is 35.5 Å². The first-order valence-electron chi connectivity index (χ1n) is 5.35. The molecule has 0 unspecified atom stereocenters. The van der Waals surface area contributed by atoms with E-state index >= 15 is 0 Å². The number of hydrogen-bond acceptors (Lipinski definition) is 3. The van der Waals surface area contributed by atoms with Crippen LogP contribution in [0.2, 0.25) is 0 Å². The average Bonchev–Trinajstić information content (AvgIpc) is 2.92. The lowest BCUT2D eigenvalue weighted by Gasteiger charge is -2.24. The zero-order chi connectivity index (χ0) is 11.5. The minimum absolute atomic E-state index is 0.0361. The van der Waals surface area contributed by atoms with Gasteiger partial charge < -0.3 is 10.2 Å². The number of nitrogens with one attached hydrogen (secondary N) is 1. The zero-order valence-corrected chi connectivity index (χ0v) is 9.71. The molecule has 1 aliphatic carbocycles. The van der Waals surface area contributed by atoms with Gasteiger partial charge in [0.1, 0.15) is 6.54 Å². The van der Waals surface area contributed by atoms with E-state index in [4.69, 9.17) is 5.26 Å². The zero-order valence-electron chi connectivity index (χ0n) is 9.71. The number of amides is 1. The molecule has 1 amide bonds. The highest BCUT2D eigenvalue weighted by Crippen LogP contribution is 2.26. The number of rotatable bonds is 4. The van der Waals surface area contributed by atoms with Crippen molar-refractivity contribution in [3.63, 3.8) is 0 Å². The monoisotopic (exact) mass is 209 g/mol. The molecule has 1 rings (SSSR count). The van der Waals surface area contributed by atoms with E-state index in [-0.39, 0.29) is 18.0 Å². The fourth-order valence-electron chi connectivity index (χ4n) is 1.33. The molecule has 1 N–H and O–H groups in total. The summed E-state index contributed by atoms with van der Waals surface area (Å²) in [5.74, 6) is 0.0361. The molecule has 0 atom stereocenters. The third kappa shape index (κ3) is 4.30. The van der Waals surface area contributed by atoms with Crippen LogP contribution in [0.3, 0.4) is 0 Å². The average molecular weight is 209 g/mol. The fraction of sp³-hybridized carbons (Fsp3) is 0.818. The van der Waals surface area contributed by atoms with Gasteiger partial charge in [0.25, 0.3) is 0 Å². The molecule has 1 fully saturated rings. The molecule has 4 heteroatoms. The van der Waals surface area contributed by atoms with E-state index < -0.39 is 0 Å². The van der Waals surface area contributed by atoms with E-state index in [2.05, 4.69) is 5.32 Å². The predicted molar refractivity (Wildman–Crippen MR) is 58.1 cm³/mol. The molecular weight excluding hydrogens is 190 g/mol. The van der Waals surface area contributed by atoms with Gasteiger partial charge in [-0.2, -0.15) is 5.26 Å². The predicted octanol–water partition coefficient (Wildman–Crippen LogP) is 0.889. The maximum Gasteiger partial charge on any atom is 0.237 e. The molecule has 4 nitrogen and oxygen atoms in total. The van der Waals surface area contributed by atoms with Gasteiger partial charge >= 0.3 is 0 Å². The van der Waals surface area contributed by atoms with Gasteiger partial charge in [0.2, 0.25) is 5.91 Å². The van der Waals surface area contributed by atoms with Crippen molar-refractivity contribution < 1.29 is 4.79 Å². The Morgan fingerprint density at radius 1 is 1.53 bits per heavy atom. The number of carbonyl (C=O) groups excluding carboxylic acids is 1. The maximum absolute atomic E-state index is 11.8. The quantitative estimate of drug-likeness (QED) is 0.699. The largest absolute Gasteiger partial charge is 0.325 e. The molecule has 0 aromatic heterocycles. The minimum Gasteiger partial charge on any atom is -0.325 e. The summed E-state index contributed by atoms with van der Waals surface area (Å²) in [6.45, 7) is 6.60. The Morgan fingerprint density at radius 3 is 2.53 bits per heavy atom. The van der Waals surface area contributed by atoms with Crippen molar-refractivity contribution in [1.82, 2.24) is 10.2 Å². The molecule has 15 heavy (non-hydrogen) atoms. The van der Waals surface area contributed by atoms with E-state index in [0.29, 0.717) is 12.6 Å². The molecule has 0 heterocycles. The normalized spacial score (nSPS) is 15.9. The first-order chi connectivity index (χ1) is 6.94. The smallest absolute Gasteiger partial charge is 0.237 e. The fourth-order valence-corrected chi connectivity index (χ4v) is 1.33. The van der Waals surface area contributed by atoms with Crippen molar-refractivity contribution in [1.29, 1.82) is 5.26 Å². The first kappa shape index (κ1) is 12.0. The van der Waals surface area contributed by atoms with Crippen LogP contribution in [-0.2, 0) is 4.79 Å². The molecule has 0 radical (unpaired) electrons. The lowest BCUT2D eigenvalue weighted by atomic mass is 10.1. The molecule has 1 saturated carbocycles. The highest BCUT2D eigenvalue weighted by molar-refractivity contribution is 5.79. The van der Waals surface area contributed by atoms with Crippen LogP contribution >= 0.6 is 0 Å². The standard InChI is InChI=1S/C11H19N3O/c1-11(2,3)13-8-10(15)14(7-6-12)9-4-5-9/h9,13H,4-5,7-8H2,1-3H3. The molecule has 0 aromatic carbocycles. The lowest BCUT2D eigenvalue weighted by molar-refractivity contribution is -0.130. The molecular formula is C11H19N3O. The van der Waals surface area contributed by atoms with Crippen LogP contribution in [0.15, 0.2) is 0 Å². The Kier molecular flexibility index (Phi) is 3.70. The second-order valence-corrected chi connectivity index (χ2v) is 5.01. The van der Waals surface area contributed by atoms with Crippen LogP contribution < -0.4 is 5.32 Å². The molecule has 1 aliphatic rings. The van der Waals surface area contributed by atoms with Crippen molar-refractivity contribution in [3.05, 3.63) is 0 Å². The summed E-state index contributed by atoms with van der Waals surface area (Å²) in [4.78, 5) is 13.5. The molecule has 0 saturated heterocycles. The number of carbonyl (C=O) groups is 1. The topological polar surface area (TPSA) is 56.1 Å². The van der Waals surface area contributed by atoms with Crippen LogP contribution in [0.4, 0.5) is 0 Å². The summed E-state index contributed by atoms with van der Waals surface area (Å²) in [5.41, 5.74) is -0.0580. The van der Waals surface area contributed by atoms with Gasteiger partial charge in [-0.25, -0.2) is 0 Å². The van der Waals surface area contributed by atoms with Crippen LogP contribution in [0.1, 0.15) is 33.6 Å². The van der Waals surface area contributed by atoms with Crippen molar-refractivity contribution >= 4 is 5.91 Å². The van der Waals surface area contributed by atoms with Crippen molar-refractivity contribution in [2.24, 2.45) is 0 Å². The molecule has 0 spiro atoms. The van der Waals surface area contributed by atoms with E-state index in [1.54, 1.807) is 4.90 Å². The molecule has 0 aromatic rings. The summed E-state index contributed by atoms with van der Waals surface area (Å²) in [5, 5.41) is 11.8. The van der Waals surface area contributed by atoms with E-state index in [0.717, 1.165) is 12.8 Å². The van der Waals surface area contributed by atoms with E-state index in [1.165, 1.54) is 0 Å². The molecule has 0 bridgehead atoms. The van der Waals surface area contributed by atoms with Crippen LogP contribution in [0, 0.1) is 11.3 Å². The Morgan fingerprint density at radius 2 is 2.13 bits per heavy atom. The Hall–Kier alpha value is -1.08. The number of nitriles is 1. The van der Waals surface area contributed by atoms with Gasteiger partial charge in [-0.3, -0.25) is 4.79 Å². The number of hydrogen-bond donors (Lipinski definition) is 1. The molecule has 84 valence electrons. The van der Waals surface area contributed by atoms with Gasteiger partial charge in [-0.1, -0.05) is 0 Å². The summed E-state index contributed by atoms with van der Waals surface area (Å²) in [6, 6.07) is 2.36. The van der Waals surface area contributed by atoms with Crippen molar-refractivity contribution in [2.75, 3.05) is 13.1 Å². The first-order valence-corrected chi connectivity index (χ1v) is 5.35. The van der Waals surface area contributed by atoms with Crippen LogP contribution in [0.5, 0.6) is 0 Å². The highest BCUT2D eigenvalue weighted by Gasteiger charge is 2.32. The Bertz CT molecular complexity index is 271. The second-order valence-electron chi connectivity index (χ2n) is 5.01. The van der Waals surface area contributed by atoms with Gasteiger partial charge in [-0.15, -0.1) is 0 Å². The maximum atomic E-state index is 11.8. The van der Waals surface area contributed by atoms with Gasteiger partial charge in [0.15, 0.2) is 0 Å². The van der Waals surface area contributed by atoms with E-state index in [1.807, 2.05) is 26.8 Å². The number of nitrogens with zero attached hydrogens (tertiary/aromatic N) is 2. The summed E-state index contributed by atoms with van der Waals surface area (Å²) in [6.07, 6.45) is 2.09. The second kappa shape index (κ2) is 4.63. The minimum atomic E-state index is -0.0580. The molecule has 0 aliphatic heterocycles. The van der Waals surface area contributed by atoms with Crippen molar-refractivity contribution in [3.8, 4) is 6.07 Å². The van der Waals surface area contributed by atoms with Crippen molar-refractivity contribution in [2.45, 2.75) is 45.2 Å². The highest BCUT2D eigenvalue weighted by atomic mass is 16.2. The third-order valence-corrected chi connectivity index (χ3v) is 2.32. The van der Waals surface area contributed by atoms with E-state index in [9.17, 15) is 4.79 Å². The van der Waals surface area contributed by atoms with Gasteiger partial charge in [0.05, 0.1) is 12.6 Å². The summed E-state index contributed by atoms with van der Waals surface area (Å²) < 4.78 is 0. The van der Waals surface area contributed by atoms with Gasteiger partial charge in [0, 0.05) is 11.6 Å². The van der Waals surface area contributed by atoms with Crippen LogP contribution in [0.25, 0.3) is 0 Å². The lowest BCUT2D eigenvalue weighted by Crippen LogP contribution is -2.45. The third-order valence-electron chi connectivity index (χ3n) is 2.32.